The van der Waals surface area contributed by atoms with Gasteiger partial charge in [-0.05, 0) is 19.3 Å². The Labute approximate surface area is 101 Å². The molecule has 1 aromatic rings. The summed E-state index contributed by atoms with van der Waals surface area (Å²) in [4.78, 5) is 15.9. The highest BCUT2D eigenvalue weighted by Gasteiger charge is 2.21. The predicted octanol–water partition coefficient (Wildman–Crippen LogP) is 2.20. The van der Waals surface area contributed by atoms with E-state index in [1.807, 2.05) is 0 Å². The summed E-state index contributed by atoms with van der Waals surface area (Å²) in [7, 11) is 1.55. The van der Waals surface area contributed by atoms with Gasteiger partial charge in [0.25, 0.3) is 0 Å². The molecular formula is C12H19NO4. The summed E-state index contributed by atoms with van der Waals surface area (Å²) in [5.74, 6) is 0.542. The molecule has 1 heterocycles. The summed E-state index contributed by atoms with van der Waals surface area (Å²) >= 11 is 0. The largest absolute Gasteiger partial charge is 0.460 e. The molecule has 0 aromatic carbocycles. The van der Waals surface area contributed by atoms with Crippen LogP contribution in [0.2, 0.25) is 0 Å². The topological polar surface area (TPSA) is 61.6 Å². The van der Waals surface area contributed by atoms with Crippen LogP contribution in [-0.2, 0) is 22.5 Å². The van der Waals surface area contributed by atoms with E-state index in [-0.39, 0.29) is 12.4 Å². The Kier molecular flexibility index (Phi) is 5.15. The molecule has 0 aliphatic heterocycles. The molecule has 1 aromatic heterocycles. The molecule has 0 bridgehead atoms. The van der Waals surface area contributed by atoms with Crippen LogP contribution in [0.5, 0.6) is 0 Å². The molecule has 0 saturated heterocycles. The van der Waals surface area contributed by atoms with Gasteiger partial charge in [0, 0.05) is 7.11 Å². The van der Waals surface area contributed by atoms with Gasteiger partial charge in [0.05, 0.1) is 12.3 Å². The monoisotopic (exact) mass is 241 g/mol. The number of aromatic nitrogens is 1. The number of nitrogens with zero attached hydrogens (tertiary/aromatic N) is 1. The molecular weight excluding hydrogens is 222 g/mol. The first-order valence-corrected chi connectivity index (χ1v) is 5.73. The lowest BCUT2D eigenvalue weighted by molar-refractivity contribution is 0.0481. The number of hydrogen-bond acceptors (Lipinski definition) is 5. The molecule has 0 saturated carbocycles. The van der Waals surface area contributed by atoms with Crippen molar-refractivity contribution >= 4 is 5.97 Å². The number of methoxy groups -OCH3 is 1. The fraction of sp³-hybridized carbons (Fsp3) is 0.667. The van der Waals surface area contributed by atoms with E-state index < -0.39 is 5.97 Å². The van der Waals surface area contributed by atoms with Crippen LogP contribution in [0.4, 0.5) is 0 Å². The van der Waals surface area contributed by atoms with Crippen molar-refractivity contribution in [2.45, 2.75) is 33.8 Å². The van der Waals surface area contributed by atoms with E-state index in [4.69, 9.17) is 13.9 Å². The summed E-state index contributed by atoms with van der Waals surface area (Å²) in [6, 6.07) is 0. The first-order valence-electron chi connectivity index (χ1n) is 5.73. The van der Waals surface area contributed by atoms with Crippen LogP contribution in [0, 0.1) is 5.92 Å². The second-order valence-corrected chi connectivity index (χ2v) is 4.13. The minimum Gasteiger partial charge on any atom is -0.460 e. The van der Waals surface area contributed by atoms with Gasteiger partial charge in [-0.1, -0.05) is 13.8 Å². The van der Waals surface area contributed by atoms with E-state index in [0.717, 1.165) is 0 Å². The molecule has 0 amide bonds. The molecule has 0 radical (unpaired) electrons. The standard InChI is InChI=1S/C12H19NO4/c1-5-16-12(14)11-9(6-8(2)3)13-10(17-11)7-15-4/h8H,5-7H2,1-4H3. The van der Waals surface area contributed by atoms with Gasteiger partial charge in [0.2, 0.25) is 11.7 Å². The Hall–Kier alpha value is -1.36. The highest BCUT2D eigenvalue weighted by Crippen LogP contribution is 2.17. The number of rotatable bonds is 6. The zero-order valence-corrected chi connectivity index (χ0v) is 10.8. The zero-order chi connectivity index (χ0) is 12.8. The average molecular weight is 241 g/mol. The van der Waals surface area contributed by atoms with E-state index in [9.17, 15) is 4.79 Å². The molecule has 0 N–H and O–H groups in total. The maximum absolute atomic E-state index is 11.7. The fourth-order valence-electron chi connectivity index (χ4n) is 1.47. The third-order valence-corrected chi connectivity index (χ3v) is 2.07. The van der Waals surface area contributed by atoms with Gasteiger partial charge >= 0.3 is 5.97 Å². The SMILES string of the molecule is CCOC(=O)c1oc(COC)nc1CC(C)C. The van der Waals surface area contributed by atoms with Crippen molar-refractivity contribution in [2.75, 3.05) is 13.7 Å². The molecule has 96 valence electrons. The van der Waals surface area contributed by atoms with Crippen molar-refractivity contribution in [3.05, 3.63) is 17.3 Å². The van der Waals surface area contributed by atoms with E-state index in [2.05, 4.69) is 18.8 Å². The molecule has 5 heteroatoms. The Morgan fingerprint density at radius 1 is 1.47 bits per heavy atom. The van der Waals surface area contributed by atoms with Crippen LogP contribution >= 0.6 is 0 Å². The summed E-state index contributed by atoms with van der Waals surface area (Å²) in [5, 5.41) is 0. The van der Waals surface area contributed by atoms with Gasteiger partial charge in [-0.15, -0.1) is 0 Å². The Bertz CT molecular complexity index is 371. The van der Waals surface area contributed by atoms with Crippen molar-refractivity contribution in [1.82, 2.24) is 4.98 Å². The summed E-state index contributed by atoms with van der Waals surface area (Å²) in [6.07, 6.45) is 0.682. The molecule has 0 fully saturated rings. The third kappa shape index (κ3) is 3.85. The highest BCUT2D eigenvalue weighted by molar-refractivity contribution is 5.87. The van der Waals surface area contributed by atoms with Crippen LogP contribution in [0.1, 0.15) is 42.9 Å². The number of ether oxygens (including phenoxy) is 2. The smallest absolute Gasteiger partial charge is 0.376 e. The lowest BCUT2D eigenvalue weighted by atomic mass is 10.1. The van der Waals surface area contributed by atoms with E-state index in [0.29, 0.717) is 30.5 Å². The normalized spacial score (nSPS) is 10.9. The van der Waals surface area contributed by atoms with Crippen molar-refractivity contribution in [3.8, 4) is 0 Å². The summed E-state index contributed by atoms with van der Waals surface area (Å²) < 4.78 is 15.2. The quantitative estimate of drug-likeness (QED) is 0.714. The molecule has 0 spiro atoms. The predicted molar refractivity (Wildman–Crippen MR) is 61.7 cm³/mol. The van der Waals surface area contributed by atoms with Gasteiger partial charge in [-0.25, -0.2) is 9.78 Å². The van der Waals surface area contributed by atoms with Crippen LogP contribution in [0.15, 0.2) is 4.42 Å². The maximum Gasteiger partial charge on any atom is 0.376 e. The molecule has 0 unspecified atom stereocenters. The van der Waals surface area contributed by atoms with Crippen LogP contribution in [-0.4, -0.2) is 24.7 Å². The second-order valence-electron chi connectivity index (χ2n) is 4.13. The van der Waals surface area contributed by atoms with Crippen LogP contribution in [0.3, 0.4) is 0 Å². The minimum atomic E-state index is -0.460. The second kappa shape index (κ2) is 6.39. The Morgan fingerprint density at radius 3 is 2.71 bits per heavy atom. The van der Waals surface area contributed by atoms with Gasteiger partial charge in [0.15, 0.2) is 0 Å². The van der Waals surface area contributed by atoms with E-state index in [1.165, 1.54) is 0 Å². The van der Waals surface area contributed by atoms with E-state index >= 15 is 0 Å². The summed E-state index contributed by atoms with van der Waals surface area (Å²) in [6.45, 7) is 6.44. The highest BCUT2D eigenvalue weighted by atomic mass is 16.5. The first kappa shape index (κ1) is 13.7. The zero-order valence-electron chi connectivity index (χ0n) is 10.8. The van der Waals surface area contributed by atoms with Gasteiger partial charge in [-0.2, -0.15) is 0 Å². The molecule has 17 heavy (non-hydrogen) atoms. The average Bonchev–Trinajstić information content (AvgIpc) is 2.61. The molecule has 5 nitrogen and oxygen atoms in total. The molecule has 0 atom stereocenters. The molecule has 0 aliphatic rings. The van der Waals surface area contributed by atoms with Gasteiger partial charge in [0.1, 0.15) is 6.61 Å². The molecule has 0 aliphatic carbocycles. The first-order chi connectivity index (χ1) is 8.08. The van der Waals surface area contributed by atoms with Crippen molar-refractivity contribution in [1.29, 1.82) is 0 Å². The number of carbonyl (C=O) groups excluding carboxylic acids is 1. The minimum absolute atomic E-state index is 0.201. The fourth-order valence-corrected chi connectivity index (χ4v) is 1.47. The van der Waals surface area contributed by atoms with Crippen LogP contribution in [0.25, 0.3) is 0 Å². The number of oxazole rings is 1. The Balaban J connectivity index is 2.94. The van der Waals surface area contributed by atoms with Gasteiger partial charge < -0.3 is 13.9 Å². The van der Waals surface area contributed by atoms with Crippen LogP contribution < -0.4 is 0 Å². The maximum atomic E-state index is 11.7. The number of esters is 1. The van der Waals surface area contributed by atoms with E-state index in [1.54, 1.807) is 14.0 Å². The van der Waals surface area contributed by atoms with Crippen molar-refractivity contribution in [3.63, 3.8) is 0 Å². The Morgan fingerprint density at radius 2 is 2.18 bits per heavy atom. The van der Waals surface area contributed by atoms with Crippen molar-refractivity contribution < 1.29 is 18.7 Å². The van der Waals surface area contributed by atoms with Crippen molar-refractivity contribution in [2.24, 2.45) is 5.92 Å². The lowest BCUT2D eigenvalue weighted by Crippen LogP contribution is -2.08. The van der Waals surface area contributed by atoms with Gasteiger partial charge in [-0.3, -0.25) is 0 Å². The summed E-state index contributed by atoms with van der Waals surface area (Å²) in [5.41, 5.74) is 0.644. The third-order valence-electron chi connectivity index (χ3n) is 2.07. The number of hydrogen-bond donors (Lipinski definition) is 0. The lowest BCUT2D eigenvalue weighted by Gasteiger charge is -2.02. The molecule has 1 rings (SSSR count). The number of carbonyl (C=O) groups is 1.